The molecule has 0 aromatic heterocycles. The van der Waals surface area contributed by atoms with E-state index in [4.69, 9.17) is 0 Å². The first kappa shape index (κ1) is 14.5. The fourth-order valence-electron chi connectivity index (χ4n) is 1.40. The number of aryl methyl sites for hydroxylation is 1. The lowest BCUT2D eigenvalue weighted by molar-refractivity contribution is -0.137. The molecule has 0 aliphatic rings. The SMILES string of the molecule is Cc1cccc(CNCC(=O)NCC(F)(F)F)c1. The Morgan fingerprint density at radius 3 is 2.67 bits per heavy atom. The van der Waals surface area contributed by atoms with Gasteiger partial charge < -0.3 is 10.6 Å². The van der Waals surface area contributed by atoms with Crippen molar-refractivity contribution in [3.8, 4) is 0 Å². The average molecular weight is 260 g/mol. The van der Waals surface area contributed by atoms with Crippen molar-refractivity contribution in [2.75, 3.05) is 13.1 Å². The second kappa shape index (κ2) is 6.39. The lowest BCUT2D eigenvalue weighted by Crippen LogP contribution is -2.39. The van der Waals surface area contributed by atoms with Crippen LogP contribution in [0.5, 0.6) is 0 Å². The Bertz CT molecular complexity index is 405. The van der Waals surface area contributed by atoms with Crippen LogP contribution < -0.4 is 10.6 Å². The van der Waals surface area contributed by atoms with Crippen molar-refractivity contribution in [1.29, 1.82) is 0 Å². The summed E-state index contributed by atoms with van der Waals surface area (Å²) in [4.78, 5) is 11.1. The average Bonchev–Trinajstić information content (AvgIpc) is 2.25. The van der Waals surface area contributed by atoms with Crippen LogP contribution in [-0.4, -0.2) is 25.2 Å². The normalized spacial score (nSPS) is 11.3. The van der Waals surface area contributed by atoms with E-state index in [2.05, 4.69) is 5.32 Å². The van der Waals surface area contributed by atoms with Crippen molar-refractivity contribution in [2.24, 2.45) is 0 Å². The zero-order valence-corrected chi connectivity index (χ0v) is 9.97. The summed E-state index contributed by atoms with van der Waals surface area (Å²) in [6.45, 7) is 0.961. The minimum absolute atomic E-state index is 0.135. The molecule has 0 saturated carbocycles. The van der Waals surface area contributed by atoms with Gasteiger partial charge in [0.1, 0.15) is 6.54 Å². The minimum Gasteiger partial charge on any atom is -0.346 e. The van der Waals surface area contributed by atoms with Crippen molar-refractivity contribution in [3.05, 3.63) is 35.4 Å². The van der Waals surface area contributed by atoms with Gasteiger partial charge in [-0.2, -0.15) is 13.2 Å². The number of carbonyl (C=O) groups excluding carboxylic acids is 1. The summed E-state index contributed by atoms with van der Waals surface area (Å²) in [5.74, 6) is -0.667. The monoisotopic (exact) mass is 260 g/mol. The van der Waals surface area contributed by atoms with Crippen LogP contribution in [0.15, 0.2) is 24.3 Å². The molecular weight excluding hydrogens is 245 g/mol. The van der Waals surface area contributed by atoms with Gasteiger partial charge in [0.05, 0.1) is 6.54 Å². The van der Waals surface area contributed by atoms with E-state index in [1.807, 2.05) is 31.2 Å². The number of carbonyl (C=O) groups is 1. The predicted molar refractivity (Wildman–Crippen MR) is 62.0 cm³/mol. The second-order valence-corrected chi connectivity index (χ2v) is 3.98. The molecule has 18 heavy (non-hydrogen) atoms. The first-order valence-electron chi connectivity index (χ1n) is 5.46. The third kappa shape index (κ3) is 6.24. The molecular formula is C12H15F3N2O. The predicted octanol–water partition coefficient (Wildman–Crippen LogP) is 1.76. The fraction of sp³-hybridized carbons (Fsp3) is 0.417. The number of benzene rings is 1. The topological polar surface area (TPSA) is 41.1 Å². The Hall–Kier alpha value is -1.56. The highest BCUT2D eigenvalue weighted by Gasteiger charge is 2.27. The molecule has 6 heteroatoms. The van der Waals surface area contributed by atoms with Crippen LogP contribution in [0.4, 0.5) is 13.2 Å². The Morgan fingerprint density at radius 1 is 1.33 bits per heavy atom. The lowest BCUT2D eigenvalue weighted by Gasteiger charge is -2.09. The molecule has 0 heterocycles. The first-order valence-corrected chi connectivity index (χ1v) is 5.46. The summed E-state index contributed by atoms with van der Waals surface area (Å²) in [5, 5.41) is 4.58. The summed E-state index contributed by atoms with van der Waals surface area (Å²) in [6, 6.07) is 7.66. The van der Waals surface area contributed by atoms with Crippen molar-refractivity contribution in [2.45, 2.75) is 19.6 Å². The van der Waals surface area contributed by atoms with Crippen molar-refractivity contribution in [1.82, 2.24) is 10.6 Å². The molecule has 0 radical (unpaired) electrons. The van der Waals surface area contributed by atoms with Crippen LogP contribution in [0.2, 0.25) is 0 Å². The van der Waals surface area contributed by atoms with Crippen LogP contribution in [0.3, 0.4) is 0 Å². The molecule has 0 atom stereocenters. The van der Waals surface area contributed by atoms with Gasteiger partial charge in [0.25, 0.3) is 0 Å². The Kier molecular flexibility index (Phi) is 5.15. The van der Waals surface area contributed by atoms with Crippen LogP contribution in [-0.2, 0) is 11.3 Å². The number of amides is 1. The van der Waals surface area contributed by atoms with Crippen LogP contribution in [0.1, 0.15) is 11.1 Å². The van der Waals surface area contributed by atoms with E-state index in [9.17, 15) is 18.0 Å². The molecule has 0 aliphatic heterocycles. The molecule has 3 nitrogen and oxygen atoms in total. The first-order chi connectivity index (χ1) is 8.37. The highest BCUT2D eigenvalue weighted by atomic mass is 19.4. The molecule has 0 bridgehead atoms. The van der Waals surface area contributed by atoms with Crippen molar-refractivity contribution in [3.63, 3.8) is 0 Å². The van der Waals surface area contributed by atoms with Gasteiger partial charge in [0.15, 0.2) is 0 Å². The Balaban J connectivity index is 2.23. The molecule has 1 rings (SSSR count). The quantitative estimate of drug-likeness (QED) is 0.847. The maximum Gasteiger partial charge on any atom is 0.405 e. The zero-order valence-electron chi connectivity index (χ0n) is 9.97. The number of rotatable bonds is 5. The molecule has 1 aromatic rings. The van der Waals surface area contributed by atoms with E-state index in [0.29, 0.717) is 6.54 Å². The number of halogens is 3. The highest BCUT2D eigenvalue weighted by Crippen LogP contribution is 2.11. The third-order valence-electron chi connectivity index (χ3n) is 2.18. The van der Waals surface area contributed by atoms with Gasteiger partial charge >= 0.3 is 6.18 Å². The molecule has 1 aromatic carbocycles. The van der Waals surface area contributed by atoms with Gasteiger partial charge in [0, 0.05) is 6.54 Å². The number of hydrogen-bond acceptors (Lipinski definition) is 2. The van der Waals surface area contributed by atoms with Crippen molar-refractivity contribution >= 4 is 5.91 Å². The molecule has 100 valence electrons. The highest BCUT2D eigenvalue weighted by molar-refractivity contribution is 5.77. The summed E-state index contributed by atoms with van der Waals surface area (Å²) < 4.78 is 35.4. The molecule has 2 N–H and O–H groups in total. The van der Waals surface area contributed by atoms with Crippen LogP contribution in [0.25, 0.3) is 0 Å². The standard InChI is InChI=1S/C12H15F3N2O/c1-9-3-2-4-10(5-9)6-16-7-11(18)17-8-12(13,14)15/h2-5,16H,6-8H2,1H3,(H,17,18). The summed E-state index contributed by atoms with van der Waals surface area (Å²) in [5.41, 5.74) is 2.08. The molecule has 0 aliphatic carbocycles. The van der Waals surface area contributed by atoms with E-state index >= 15 is 0 Å². The van der Waals surface area contributed by atoms with Gasteiger partial charge in [-0.1, -0.05) is 29.8 Å². The number of alkyl halides is 3. The minimum atomic E-state index is -4.37. The largest absolute Gasteiger partial charge is 0.405 e. The van der Waals surface area contributed by atoms with Crippen LogP contribution >= 0.6 is 0 Å². The molecule has 0 spiro atoms. The Labute approximate surface area is 103 Å². The molecule has 0 unspecified atom stereocenters. The lowest BCUT2D eigenvalue weighted by atomic mass is 10.1. The van der Waals surface area contributed by atoms with Gasteiger partial charge in [-0.05, 0) is 12.5 Å². The van der Waals surface area contributed by atoms with Crippen LogP contribution in [0, 0.1) is 6.92 Å². The van der Waals surface area contributed by atoms with Gasteiger partial charge in [0.2, 0.25) is 5.91 Å². The van der Waals surface area contributed by atoms with Gasteiger partial charge in [-0.15, -0.1) is 0 Å². The number of hydrogen-bond donors (Lipinski definition) is 2. The van der Waals surface area contributed by atoms with Crippen molar-refractivity contribution < 1.29 is 18.0 Å². The zero-order chi connectivity index (χ0) is 13.6. The fourth-order valence-corrected chi connectivity index (χ4v) is 1.40. The smallest absolute Gasteiger partial charge is 0.346 e. The maximum absolute atomic E-state index is 11.8. The number of nitrogens with one attached hydrogen (secondary N) is 2. The van der Waals surface area contributed by atoms with E-state index < -0.39 is 18.6 Å². The van der Waals surface area contributed by atoms with E-state index in [-0.39, 0.29) is 6.54 Å². The van der Waals surface area contributed by atoms with E-state index in [1.165, 1.54) is 0 Å². The summed E-state index contributed by atoms with van der Waals surface area (Å²) in [7, 11) is 0. The maximum atomic E-state index is 11.8. The molecule has 1 amide bonds. The van der Waals surface area contributed by atoms with Gasteiger partial charge in [-0.3, -0.25) is 4.79 Å². The van der Waals surface area contributed by atoms with Gasteiger partial charge in [-0.25, -0.2) is 0 Å². The third-order valence-corrected chi connectivity index (χ3v) is 2.18. The second-order valence-electron chi connectivity index (χ2n) is 3.98. The Morgan fingerprint density at radius 2 is 2.06 bits per heavy atom. The molecule has 0 saturated heterocycles. The van der Waals surface area contributed by atoms with E-state index in [1.54, 1.807) is 5.32 Å². The summed E-state index contributed by atoms with van der Waals surface area (Å²) in [6.07, 6.45) is -4.37. The molecule has 0 fully saturated rings. The summed E-state index contributed by atoms with van der Waals surface area (Å²) >= 11 is 0. The van der Waals surface area contributed by atoms with E-state index in [0.717, 1.165) is 11.1 Å².